The van der Waals surface area contributed by atoms with Crippen LogP contribution >= 0.6 is 0 Å². The Bertz CT molecular complexity index is 1200. The number of hydrogen-bond acceptors (Lipinski definition) is 5. The van der Waals surface area contributed by atoms with Crippen LogP contribution in [0, 0.1) is 17.7 Å². The third-order valence-electron chi connectivity index (χ3n) is 6.95. The third-order valence-corrected chi connectivity index (χ3v) is 6.95. The minimum atomic E-state index is -1.01. The van der Waals surface area contributed by atoms with Crippen molar-refractivity contribution in [2.24, 2.45) is 11.8 Å². The lowest BCUT2D eigenvalue weighted by Crippen LogP contribution is -2.53. The molecule has 0 saturated carbocycles. The van der Waals surface area contributed by atoms with Crippen LogP contribution in [0.3, 0.4) is 0 Å². The Labute approximate surface area is 241 Å². The van der Waals surface area contributed by atoms with E-state index in [-0.39, 0.29) is 61.2 Å². The van der Waals surface area contributed by atoms with Gasteiger partial charge < -0.3 is 26.0 Å². The van der Waals surface area contributed by atoms with E-state index >= 15 is 0 Å². The summed E-state index contributed by atoms with van der Waals surface area (Å²) in [7, 11) is 0. The van der Waals surface area contributed by atoms with Gasteiger partial charge >= 0.3 is 0 Å². The second kappa shape index (κ2) is 15.2. The molecule has 0 aliphatic carbocycles. The minimum absolute atomic E-state index is 0.0214. The van der Waals surface area contributed by atoms with E-state index in [0.717, 1.165) is 5.56 Å². The first-order valence-corrected chi connectivity index (χ1v) is 14.2. The summed E-state index contributed by atoms with van der Waals surface area (Å²) in [5.41, 5.74) is 1.08. The summed E-state index contributed by atoms with van der Waals surface area (Å²) in [6.07, 6.45) is 0.848. The number of rotatable bonds is 7. The van der Waals surface area contributed by atoms with Crippen LogP contribution in [0.15, 0.2) is 48.5 Å². The van der Waals surface area contributed by atoms with Crippen LogP contribution in [-0.4, -0.2) is 54.9 Å². The highest BCUT2D eigenvalue weighted by molar-refractivity contribution is 5.99. The smallest absolute Gasteiger partial charge is 0.255 e. The van der Waals surface area contributed by atoms with Crippen molar-refractivity contribution >= 4 is 23.6 Å². The zero-order valence-electron chi connectivity index (χ0n) is 24.2. The first-order chi connectivity index (χ1) is 19.5. The van der Waals surface area contributed by atoms with Crippen LogP contribution in [0.5, 0.6) is 5.75 Å². The standard InChI is InChI=1S/C31H41FN4O5/c1-19(2)17-25-31(40)36-26(20(3)4)18-41-27-8-6-5-7-23(27)29(38)35-24(13-14-28(37)34-25)30(39)33-16-15-21-9-11-22(32)12-10-21/h5-12,19-20,24-26H,13-18H2,1-4H3,(H,33,39)(H,34,37)(H,35,38)(H,36,40)/t24-,25+,26+/m0/s1. The van der Waals surface area contributed by atoms with Gasteiger partial charge in [-0.3, -0.25) is 19.2 Å². The molecule has 41 heavy (non-hydrogen) atoms. The van der Waals surface area contributed by atoms with Gasteiger partial charge in [-0.25, -0.2) is 4.39 Å². The summed E-state index contributed by atoms with van der Waals surface area (Å²) >= 11 is 0. The van der Waals surface area contributed by atoms with Gasteiger partial charge in [0, 0.05) is 13.0 Å². The van der Waals surface area contributed by atoms with E-state index in [1.54, 1.807) is 36.4 Å². The Morgan fingerprint density at radius 2 is 1.71 bits per heavy atom. The maximum atomic E-state index is 13.3. The number of hydrogen-bond donors (Lipinski definition) is 4. The molecule has 0 saturated heterocycles. The molecule has 4 amide bonds. The molecular formula is C31H41FN4O5. The second-order valence-electron chi connectivity index (χ2n) is 11.1. The molecular weight excluding hydrogens is 527 g/mol. The van der Waals surface area contributed by atoms with E-state index < -0.39 is 29.8 Å². The second-order valence-corrected chi connectivity index (χ2v) is 11.1. The van der Waals surface area contributed by atoms with Crippen LogP contribution in [-0.2, 0) is 20.8 Å². The zero-order chi connectivity index (χ0) is 29.9. The van der Waals surface area contributed by atoms with Gasteiger partial charge in [0.25, 0.3) is 5.91 Å². The molecule has 0 spiro atoms. The van der Waals surface area contributed by atoms with Gasteiger partial charge in [0.1, 0.15) is 30.3 Å². The highest BCUT2D eigenvalue weighted by Gasteiger charge is 2.29. The van der Waals surface area contributed by atoms with E-state index in [9.17, 15) is 23.6 Å². The number of amides is 4. The quantitative estimate of drug-likeness (QED) is 0.409. The summed E-state index contributed by atoms with van der Waals surface area (Å²) in [6.45, 7) is 8.22. The lowest BCUT2D eigenvalue weighted by Gasteiger charge is -2.27. The Balaban J connectivity index is 1.83. The molecule has 1 aliphatic rings. The average Bonchev–Trinajstić information content (AvgIpc) is 2.93. The summed E-state index contributed by atoms with van der Waals surface area (Å²) in [4.78, 5) is 52.7. The number of benzene rings is 2. The first kappa shape index (κ1) is 31.6. The molecule has 4 N–H and O–H groups in total. The number of para-hydroxylation sites is 1. The van der Waals surface area contributed by atoms with Gasteiger partial charge in [-0.1, -0.05) is 52.0 Å². The van der Waals surface area contributed by atoms with Crippen molar-refractivity contribution in [2.45, 2.75) is 71.5 Å². The van der Waals surface area contributed by atoms with Gasteiger partial charge in [-0.15, -0.1) is 0 Å². The fourth-order valence-corrected chi connectivity index (χ4v) is 4.50. The van der Waals surface area contributed by atoms with Gasteiger partial charge in [0.05, 0.1) is 11.6 Å². The molecule has 1 heterocycles. The summed E-state index contributed by atoms with van der Waals surface area (Å²) in [5, 5.41) is 11.4. The molecule has 0 unspecified atom stereocenters. The van der Waals surface area contributed by atoms with Crippen LogP contribution < -0.4 is 26.0 Å². The highest BCUT2D eigenvalue weighted by Crippen LogP contribution is 2.20. The van der Waals surface area contributed by atoms with Crippen LogP contribution in [0.2, 0.25) is 0 Å². The van der Waals surface area contributed by atoms with Crippen molar-refractivity contribution in [3.63, 3.8) is 0 Å². The van der Waals surface area contributed by atoms with Crippen molar-refractivity contribution in [3.05, 3.63) is 65.5 Å². The van der Waals surface area contributed by atoms with Gasteiger partial charge in [0.15, 0.2) is 0 Å². The fraction of sp³-hybridized carbons (Fsp3) is 0.484. The van der Waals surface area contributed by atoms with Crippen LogP contribution in [0.25, 0.3) is 0 Å². The minimum Gasteiger partial charge on any atom is -0.491 e. The lowest BCUT2D eigenvalue weighted by molar-refractivity contribution is -0.130. The number of carbonyl (C=O) groups excluding carboxylic acids is 4. The maximum Gasteiger partial charge on any atom is 0.255 e. The molecule has 0 aromatic heterocycles. The van der Waals surface area contributed by atoms with Crippen LogP contribution in [0.4, 0.5) is 4.39 Å². The fourth-order valence-electron chi connectivity index (χ4n) is 4.50. The van der Waals surface area contributed by atoms with Crippen LogP contribution in [0.1, 0.15) is 62.9 Å². The van der Waals surface area contributed by atoms with Gasteiger partial charge in [-0.05, 0) is 60.9 Å². The molecule has 0 bridgehead atoms. The molecule has 10 heteroatoms. The number of nitrogens with one attached hydrogen (secondary N) is 4. The van der Waals surface area contributed by atoms with Crippen molar-refractivity contribution in [3.8, 4) is 5.75 Å². The van der Waals surface area contributed by atoms with E-state index in [1.165, 1.54) is 12.1 Å². The number of carbonyl (C=O) groups is 4. The Kier molecular flexibility index (Phi) is 11.7. The first-order valence-electron chi connectivity index (χ1n) is 14.2. The number of halogens is 1. The van der Waals surface area contributed by atoms with Gasteiger partial charge in [-0.2, -0.15) is 0 Å². The lowest BCUT2D eigenvalue weighted by atomic mass is 10.0. The van der Waals surface area contributed by atoms with E-state index in [4.69, 9.17) is 4.74 Å². The van der Waals surface area contributed by atoms with Crippen molar-refractivity contribution in [1.29, 1.82) is 0 Å². The van der Waals surface area contributed by atoms with E-state index in [0.29, 0.717) is 18.6 Å². The summed E-state index contributed by atoms with van der Waals surface area (Å²) in [5.74, 6) is -1.51. The molecule has 2 aromatic rings. The molecule has 0 radical (unpaired) electrons. The zero-order valence-corrected chi connectivity index (χ0v) is 24.2. The molecule has 222 valence electrons. The average molecular weight is 569 g/mol. The Morgan fingerprint density at radius 3 is 2.39 bits per heavy atom. The molecule has 9 nitrogen and oxygen atoms in total. The predicted molar refractivity (Wildman–Crippen MR) is 154 cm³/mol. The van der Waals surface area contributed by atoms with Crippen molar-refractivity contribution < 1.29 is 28.3 Å². The van der Waals surface area contributed by atoms with E-state index in [2.05, 4.69) is 21.3 Å². The Hall–Kier alpha value is -3.95. The number of ether oxygens (including phenoxy) is 1. The molecule has 3 atom stereocenters. The topological polar surface area (TPSA) is 126 Å². The number of fused-ring (bicyclic) bond motifs is 1. The summed E-state index contributed by atoms with van der Waals surface area (Å²) in [6, 6.07) is 10.6. The largest absolute Gasteiger partial charge is 0.491 e. The van der Waals surface area contributed by atoms with Crippen molar-refractivity contribution in [1.82, 2.24) is 21.3 Å². The third kappa shape index (κ3) is 9.88. The monoisotopic (exact) mass is 568 g/mol. The Morgan fingerprint density at radius 1 is 1.00 bits per heavy atom. The molecule has 3 rings (SSSR count). The summed E-state index contributed by atoms with van der Waals surface area (Å²) < 4.78 is 19.2. The maximum absolute atomic E-state index is 13.3. The van der Waals surface area contributed by atoms with E-state index in [1.807, 2.05) is 27.7 Å². The normalized spacial score (nSPS) is 20.6. The SMILES string of the molecule is CC(C)C[C@H]1NC(=O)CC[C@@H](C(=O)NCCc2ccc(F)cc2)NC(=O)c2ccccc2OC[C@H](C(C)C)NC1=O. The molecule has 2 aromatic carbocycles. The highest BCUT2D eigenvalue weighted by atomic mass is 19.1. The predicted octanol–water partition coefficient (Wildman–Crippen LogP) is 3.13. The molecule has 1 aliphatic heterocycles. The molecule has 0 fully saturated rings. The van der Waals surface area contributed by atoms with Crippen molar-refractivity contribution in [2.75, 3.05) is 13.2 Å². The van der Waals surface area contributed by atoms with Gasteiger partial charge in [0.2, 0.25) is 17.7 Å².